The summed E-state index contributed by atoms with van der Waals surface area (Å²) < 4.78 is 5.41. The van der Waals surface area contributed by atoms with Crippen LogP contribution in [-0.2, 0) is 4.74 Å². The molecule has 1 saturated heterocycles. The molecule has 1 rings (SSSR count). The van der Waals surface area contributed by atoms with Crippen LogP contribution in [0.4, 0.5) is 4.79 Å². The minimum atomic E-state index is -0.406. The molecule has 4 nitrogen and oxygen atoms in total. The van der Waals surface area contributed by atoms with Gasteiger partial charge in [0.1, 0.15) is 5.60 Å². The number of hydrogen-bond acceptors (Lipinski definition) is 4. The summed E-state index contributed by atoms with van der Waals surface area (Å²) in [6.45, 7) is 8.31. The Labute approximate surface area is 115 Å². The third-order valence-corrected chi connectivity index (χ3v) is 3.42. The van der Waals surface area contributed by atoms with E-state index in [1.807, 2.05) is 37.4 Å². The molecule has 0 aromatic carbocycles. The van der Waals surface area contributed by atoms with Gasteiger partial charge in [-0.3, -0.25) is 0 Å². The zero-order valence-electron chi connectivity index (χ0n) is 12.0. The number of ether oxygens (including phenoxy) is 1. The van der Waals surface area contributed by atoms with Crippen molar-refractivity contribution in [2.24, 2.45) is 0 Å². The summed E-state index contributed by atoms with van der Waals surface area (Å²) in [4.78, 5) is 13.8. The average molecular weight is 274 g/mol. The van der Waals surface area contributed by atoms with Gasteiger partial charge in [-0.15, -0.1) is 0 Å². The van der Waals surface area contributed by atoms with Crippen molar-refractivity contribution in [1.29, 1.82) is 0 Å². The smallest absolute Gasteiger partial charge is 0.410 e. The van der Waals surface area contributed by atoms with E-state index in [9.17, 15) is 4.79 Å². The van der Waals surface area contributed by atoms with E-state index in [1.165, 1.54) is 0 Å². The van der Waals surface area contributed by atoms with Crippen LogP contribution in [0.5, 0.6) is 0 Å². The van der Waals surface area contributed by atoms with Crippen molar-refractivity contribution in [2.75, 3.05) is 31.6 Å². The normalized spacial score (nSPS) is 20.9. The Morgan fingerprint density at radius 3 is 2.83 bits per heavy atom. The number of likely N-dealkylation sites (tertiary alicyclic amines) is 1. The van der Waals surface area contributed by atoms with Crippen molar-refractivity contribution in [3.8, 4) is 0 Å². The number of nitrogens with one attached hydrogen (secondary N) is 1. The van der Waals surface area contributed by atoms with Crippen LogP contribution >= 0.6 is 11.8 Å². The Morgan fingerprint density at radius 1 is 1.50 bits per heavy atom. The topological polar surface area (TPSA) is 41.6 Å². The van der Waals surface area contributed by atoms with Crippen LogP contribution < -0.4 is 5.32 Å². The molecule has 1 unspecified atom stereocenters. The fourth-order valence-electron chi connectivity index (χ4n) is 2.00. The van der Waals surface area contributed by atoms with Crippen molar-refractivity contribution in [3.63, 3.8) is 0 Å². The second-order valence-corrected chi connectivity index (χ2v) is 6.70. The van der Waals surface area contributed by atoms with E-state index in [1.54, 1.807) is 0 Å². The molecular weight excluding hydrogens is 248 g/mol. The highest BCUT2D eigenvalue weighted by Gasteiger charge is 2.27. The Morgan fingerprint density at radius 2 is 2.22 bits per heavy atom. The maximum absolute atomic E-state index is 12.0. The highest BCUT2D eigenvalue weighted by molar-refractivity contribution is 7.98. The number of hydrogen-bond donors (Lipinski definition) is 1. The first-order valence-electron chi connectivity index (χ1n) is 6.62. The lowest BCUT2D eigenvalue weighted by Gasteiger charge is -2.34. The van der Waals surface area contributed by atoms with E-state index in [4.69, 9.17) is 4.74 Å². The Kier molecular flexibility index (Phi) is 6.29. The zero-order valence-corrected chi connectivity index (χ0v) is 12.8. The monoisotopic (exact) mass is 274 g/mol. The van der Waals surface area contributed by atoms with Gasteiger partial charge in [-0.05, 0) is 39.9 Å². The molecule has 1 aliphatic rings. The number of amides is 1. The van der Waals surface area contributed by atoms with Crippen LogP contribution in [0.1, 0.15) is 33.6 Å². The van der Waals surface area contributed by atoms with Crippen LogP contribution in [0.15, 0.2) is 0 Å². The molecule has 0 saturated carbocycles. The molecule has 1 amide bonds. The molecular formula is C13H26N2O2S. The maximum atomic E-state index is 12.0. The van der Waals surface area contributed by atoms with Crippen molar-refractivity contribution in [3.05, 3.63) is 0 Å². The van der Waals surface area contributed by atoms with Crippen LogP contribution in [0.2, 0.25) is 0 Å². The first kappa shape index (κ1) is 15.6. The number of piperidine rings is 1. The molecule has 5 heteroatoms. The van der Waals surface area contributed by atoms with E-state index in [-0.39, 0.29) is 6.09 Å². The van der Waals surface area contributed by atoms with Crippen LogP contribution in [0.3, 0.4) is 0 Å². The highest BCUT2D eigenvalue weighted by Crippen LogP contribution is 2.15. The molecule has 1 heterocycles. The third kappa shape index (κ3) is 5.96. The SMILES string of the molecule is CSCCNC1CCCN(C(=O)OC(C)(C)C)C1. The van der Waals surface area contributed by atoms with Gasteiger partial charge in [0.15, 0.2) is 0 Å². The fraction of sp³-hybridized carbons (Fsp3) is 0.923. The van der Waals surface area contributed by atoms with E-state index < -0.39 is 5.60 Å². The Bertz CT molecular complexity index is 266. The highest BCUT2D eigenvalue weighted by atomic mass is 32.2. The van der Waals surface area contributed by atoms with Gasteiger partial charge in [-0.2, -0.15) is 11.8 Å². The second-order valence-electron chi connectivity index (χ2n) is 5.71. The van der Waals surface area contributed by atoms with E-state index >= 15 is 0 Å². The van der Waals surface area contributed by atoms with E-state index in [0.717, 1.165) is 38.2 Å². The minimum absolute atomic E-state index is 0.182. The summed E-state index contributed by atoms with van der Waals surface area (Å²) in [6, 6.07) is 0.415. The molecule has 1 fully saturated rings. The Balaban J connectivity index is 2.36. The molecule has 0 spiro atoms. The molecule has 0 aliphatic carbocycles. The molecule has 0 aromatic rings. The number of carbonyl (C=O) groups is 1. The summed E-state index contributed by atoms with van der Waals surface area (Å²) >= 11 is 1.84. The lowest BCUT2D eigenvalue weighted by molar-refractivity contribution is 0.0188. The van der Waals surface area contributed by atoms with Gasteiger partial charge in [-0.25, -0.2) is 4.79 Å². The number of carbonyl (C=O) groups excluding carboxylic acids is 1. The third-order valence-electron chi connectivity index (χ3n) is 2.81. The Hall–Kier alpha value is -0.420. The minimum Gasteiger partial charge on any atom is -0.444 e. The van der Waals surface area contributed by atoms with Gasteiger partial charge < -0.3 is 15.0 Å². The molecule has 18 heavy (non-hydrogen) atoms. The van der Waals surface area contributed by atoms with Gasteiger partial charge in [0.05, 0.1) is 0 Å². The summed E-state index contributed by atoms with van der Waals surface area (Å²) in [5.41, 5.74) is -0.406. The summed E-state index contributed by atoms with van der Waals surface area (Å²) in [5, 5.41) is 3.50. The lowest BCUT2D eigenvalue weighted by Crippen LogP contribution is -2.49. The predicted octanol–water partition coefficient (Wildman–Crippen LogP) is 2.34. The molecule has 1 N–H and O–H groups in total. The first-order valence-corrected chi connectivity index (χ1v) is 8.02. The molecule has 0 bridgehead atoms. The predicted molar refractivity (Wildman–Crippen MR) is 77.2 cm³/mol. The number of thioether (sulfide) groups is 1. The van der Waals surface area contributed by atoms with E-state index in [0.29, 0.717) is 6.04 Å². The maximum Gasteiger partial charge on any atom is 0.410 e. The van der Waals surface area contributed by atoms with Gasteiger partial charge in [0.25, 0.3) is 0 Å². The van der Waals surface area contributed by atoms with Gasteiger partial charge in [-0.1, -0.05) is 0 Å². The van der Waals surface area contributed by atoms with Crippen molar-refractivity contribution < 1.29 is 9.53 Å². The van der Waals surface area contributed by atoms with Gasteiger partial charge >= 0.3 is 6.09 Å². The number of rotatable bonds is 4. The van der Waals surface area contributed by atoms with Gasteiger partial charge in [0.2, 0.25) is 0 Å². The summed E-state index contributed by atoms with van der Waals surface area (Å²) in [5.74, 6) is 1.11. The van der Waals surface area contributed by atoms with Crippen molar-refractivity contribution in [2.45, 2.75) is 45.3 Å². The summed E-state index contributed by atoms with van der Waals surface area (Å²) in [7, 11) is 0. The van der Waals surface area contributed by atoms with Crippen LogP contribution in [0.25, 0.3) is 0 Å². The zero-order chi connectivity index (χ0) is 13.6. The standard InChI is InChI=1S/C13H26N2O2S/c1-13(2,3)17-12(16)15-8-5-6-11(10-15)14-7-9-18-4/h11,14H,5-10H2,1-4H3. The quantitative estimate of drug-likeness (QED) is 0.799. The molecule has 1 atom stereocenters. The lowest BCUT2D eigenvalue weighted by atomic mass is 10.1. The first-order chi connectivity index (χ1) is 8.42. The van der Waals surface area contributed by atoms with Crippen molar-refractivity contribution >= 4 is 17.9 Å². The van der Waals surface area contributed by atoms with Gasteiger partial charge in [0, 0.05) is 31.4 Å². The molecule has 0 aromatic heterocycles. The molecule has 1 aliphatic heterocycles. The molecule has 0 radical (unpaired) electrons. The molecule has 106 valence electrons. The van der Waals surface area contributed by atoms with E-state index in [2.05, 4.69) is 11.6 Å². The average Bonchev–Trinajstić information content (AvgIpc) is 2.27. The van der Waals surface area contributed by atoms with Crippen LogP contribution in [-0.4, -0.2) is 54.3 Å². The van der Waals surface area contributed by atoms with Crippen LogP contribution in [0, 0.1) is 0 Å². The largest absolute Gasteiger partial charge is 0.444 e. The van der Waals surface area contributed by atoms with Crippen molar-refractivity contribution in [1.82, 2.24) is 10.2 Å². The second kappa shape index (κ2) is 7.24. The number of nitrogens with zero attached hydrogens (tertiary/aromatic N) is 1. The summed E-state index contributed by atoms with van der Waals surface area (Å²) in [6.07, 6.45) is 4.12. The fourth-order valence-corrected chi connectivity index (χ4v) is 2.32.